The van der Waals surface area contributed by atoms with E-state index in [0.29, 0.717) is 12.2 Å². The van der Waals surface area contributed by atoms with Crippen LogP contribution in [0.25, 0.3) is 0 Å². The molecule has 0 unspecified atom stereocenters. The molecule has 6 nitrogen and oxygen atoms in total. The number of carbonyl (C=O) groups is 2. The molecule has 0 heterocycles. The van der Waals surface area contributed by atoms with Gasteiger partial charge in [0.1, 0.15) is 11.5 Å². The van der Waals surface area contributed by atoms with E-state index in [1.165, 1.54) is 0 Å². The number of methoxy groups -OCH3 is 1. The fourth-order valence-electron chi connectivity index (χ4n) is 2.71. The van der Waals surface area contributed by atoms with Gasteiger partial charge < -0.3 is 9.47 Å². The van der Waals surface area contributed by atoms with Gasteiger partial charge in [0, 0.05) is 6.42 Å². The number of carbonyl (C=O) groups excluding carboxylic acids is 2. The van der Waals surface area contributed by atoms with Crippen molar-refractivity contribution in [1.29, 1.82) is 0 Å². The molecule has 0 aliphatic rings. The van der Waals surface area contributed by atoms with Gasteiger partial charge in [-0.25, -0.2) is 0 Å². The van der Waals surface area contributed by atoms with E-state index in [-0.39, 0.29) is 24.9 Å². The molecule has 0 radical (unpaired) electrons. The number of aryl methyl sites for hydroxylation is 2. The fourth-order valence-corrected chi connectivity index (χ4v) is 2.71. The summed E-state index contributed by atoms with van der Waals surface area (Å²) in [6.45, 7) is 5.94. The average Bonchev–Trinajstić information content (AvgIpc) is 2.69. The average molecular weight is 384 g/mol. The van der Waals surface area contributed by atoms with Gasteiger partial charge >= 0.3 is 0 Å². The maximum atomic E-state index is 12.0. The van der Waals surface area contributed by atoms with E-state index in [2.05, 4.69) is 24.7 Å². The molecular weight excluding hydrogens is 356 g/mol. The van der Waals surface area contributed by atoms with Crippen molar-refractivity contribution in [2.24, 2.45) is 0 Å². The third kappa shape index (κ3) is 6.61. The summed E-state index contributed by atoms with van der Waals surface area (Å²) in [5, 5.41) is 0. The molecule has 2 amide bonds. The van der Waals surface area contributed by atoms with Gasteiger partial charge in [-0.3, -0.25) is 20.4 Å². The van der Waals surface area contributed by atoms with Gasteiger partial charge in [-0.05, 0) is 54.2 Å². The van der Waals surface area contributed by atoms with Crippen LogP contribution in [0.15, 0.2) is 42.5 Å². The smallest absolute Gasteiger partial charge is 0.276 e. The third-order valence-corrected chi connectivity index (χ3v) is 4.27. The summed E-state index contributed by atoms with van der Waals surface area (Å²) in [5.41, 5.74) is 7.90. The first-order valence-electron chi connectivity index (χ1n) is 9.33. The van der Waals surface area contributed by atoms with Crippen molar-refractivity contribution < 1.29 is 19.1 Å². The Hall–Kier alpha value is -3.02. The highest BCUT2D eigenvalue weighted by molar-refractivity contribution is 5.82. The monoisotopic (exact) mass is 384 g/mol. The number of nitrogens with one attached hydrogen (secondary N) is 2. The van der Waals surface area contributed by atoms with Gasteiger partial charge in [0.25, 0.3) is 5.91 Å². The maximum Gasteiger partial charge on any atom is 0.276 e. The van der Waals surface area contributed by atoms with E-state index in [0.717, 1.165) is 22.4 Å². The predicted molar refractivity (Wildman–Crippen MR) is 108 cm³/mol. The normalized spacial score (nSPS) is 10.5. The lowest BCUT2D eigenvalue weighted by Crippen LogP contribution is -2.43. The molecule has 6 heteroatoms. The second-order valence-corrected chi connectivity index (χ2v) is 6.93. The van der Waals surface area contributed by atoms with Crippen molar-refractivity contribution >= 4 is 11.8 Å². The van der Waals surface area contributed by atoms with E-state index >= 15 is 0 Å². The second kappa shape index (κ2) is 10.3. The van der Waals surface area contributed by atoms with Gasteiger partial charge in [0.15, 0.2) is 6.61 Å². The van der Waals surface area contributed by atoms with Crippen LogP contribution in [0, 0.1) is 6.92 Å². The molecule has 0 fully saturated rings. The Bertz CT molecular complexity index is 818. The molecule has 0 bridgehead atoms. The van der Waals surface area contributed by atoms with Gasteiger partial charge in [-0.15, -0.1) is 0 Å². The summed E-state index contributed by atoms with van der Waals surface area (Å²) < 4.78 is 10.8. The zero-order valence-electron chi connectivity index (χ0n) is 16.9. The van der Waals surface area contributed by atoms with Crippen molar-refractivity contribution in [2.45, 2.75) is 39.5 Å². The molecule has 2 N–H and O–H groups in total. The second-order valence-electron chi connectivity index (χ2n) is 6.93. The molecule has 2 rings (SSSR count). The van der Waals surface area contributed by atoms with E-state index in [1.54, 1.807) is 7.11 Å². The van der Waals surface area contributed by atoms with E-state index in [4.69, 9.17) is 9.47 Å². The van der Waals surface area contributed by atoms with Crippen molar-refractivity contribution in [3.8, 4) is 11.5 Å². The SMILES string of the molecule is COc1cccc(CCC(=O)NNC(=O)COc2cc(C)ccc2C(C)C)c1. The zero-order chi connectivity index (χ0) is 20.5. The van der Waals surface area contributed by atoms with Gasteiger partial charge in [-0.2, -0.15) is 0 Å². The summed E-state index contributed by atoms with van der Waals surface area (Å²) in [6, 6.07) is 13.5. The number of amides is 2. The van der Waals surface area contributed by atoms with Crippen LogP contribution < -0.4 is 20.3 Å². The molecule has 28 heavy (non-hydrogen) atoms. The molecule has 2 aromatic rings. The van der Waals surface area contributed by atoms with Crippen LogP contribution in [0.4, 0.5) is 0 Å². The first-order valence-corrected chi connectivity index (χ1v) is 9.33. The van der Waals surface area contributed by atoms with Crippen LogP contribution in [0.1, 0.15) is 42.9 Å². The molecule has 0 atom stereocenters. The molecule has 0 aliphatic heterocycles. The molecule has 0 aromatic heterocycles. The van der Waals surface area contributed by atoms with Crippen LogP contribution >= 0.6 is 0 Å². The Kier molecular flexibility index (Phi) is 7.87. The summed E-state index contributed by atoms with van der Waals surface area (Å²) in [4.78, 5) is 23.9. The molecule has 0 saturated heterocycles. The summed E-state index contributed by atoms with van der Waals surface area (Å²) >= 11 is 0. The third-order valence-electron chi connectivity index (χ3n) is 4.27. The highest BCUT2D eigenvalue weighted by Gasteiger charge is 2.11. The number of ether oxygens (including phenoxy) is 2. The Morgan fingerprint density at radius 3 is 2.50 bits per heavy atom. The highest BCUT2D eigenvalue weighted by Crippen LogP contribution is 2.27. The number of hydrogen-bond donors (Lipinski definition) is 2. The summed E-state index contributed by atoms with van der Waals surface area (Å²) in [7, 11) is 1.60. The maximum absolute atomic E-state index is 12.0. The van der Waals surface area contributed by atoms with Gasteiger partial charge in [-0.1, -0.05) is 38.1 Å². The largest absolute Gasteiger partial charge is 0.497 e. The molecule has 2 aromatic carbocycles. The van der Waals surface area contributed by atoms with Crippen LogP contribution in [-0.2, 0) is 16.0 Å². The Morgan fingerprint density at radius 2 is 1.79 bits per heavy atom. The molecular formula is C22H28N2O4. The molecule has 0 spiro atoms. The minimum Gasteiger partial charge on any atom is -0.497 e. The Morgan fingerprint density at radius 1 is 1.04 bits per heavy atom. The Labute approximate surface area is 166 Å². The number of hydrogen-bond acceptors (Lipinski definition) is 4. The van der Waals surface area contributed by atoms with Crippen LogP contribution in [0.3, 0.4) is 0 Å². The quantitative estimate of drug-likeness (QED) is 0.685. The van der Waals surface area contributed by atoms with Crippen molar-refractivity contribution in [2.75, 3.05) is 13.7 Å². The Balaban J connectivity index is 1.76. The number of rotatable bonds is 8. The number of hydrazine groups is 1. The summed E-state index contributed by atoms with van der Waals surface area (Å²) in [5.74, 6) is 1.05. The van der Waals surface area contributed by atoms with Gasteiger partial charge in [0.2, 0.25) is 5.91 Å². The fraction of sp³-hybridized carbons (Fsp3) is 0.364. The number of benzene rings is 2. The molecule has 150 valence electrons. The van der Waals surface area contributed by atoms with Crippen molar-refractivity contribution in [3.63, 3.8) is 0 Å². The minimum atomic E-state index is -0.411. The highest BCUT2D eigenvalue weighted by atomic mass is 16.5. The lowest BCUT2D eigenvalue weighted by Gasteiger charge is -2.15. The lowest BCUT2D eigenvalue weighted by atomic mass is 10.0. The summed E-state index contributed by atoms with van der Waals surface area (Å²) in [6.07, 6.45) is 0.806. The molecule has 0 saturated carbocycles. The lowest BCUT2D eigenvalue weighted by molar-refractivity contribution is -0.130. The standard InChI is InChI=1S/C22H28N2O4/c1-15(2)19-10-8-16(3)12-20(19)28-14-22(26)24-23-21(25)11-9-17-6-5-7-18(13-17)27-4/h5-8,10,12-13,15H,9,11,14H2,1-4H3,(H,23,25)(H,24,26). The molecule has 0 aliphatic carbocycles. The predicted octanol–water partition coefficient (Wildman–Crippen LogP) is 3.29. The van der Waals surface area contributed by atoms with Crippen molar-refractivity contribution in [1.82, 2.24) is 10.9 Å². The van der Waals surface area contributed by atoms with Crippen LogP contribution in [0.5, 0.6) is 11.5 Å². The minimum absolute atomic E-state index is 0.167. The van der Waals surface area contributed by atoms with Crippen molar-refractivity contribution in [3.05, 3.63) is 59.2 Å². The topological polar surface area (TPSA) is 76.7 Å². The van der Waals surface area contributed by atoms with E-state index in [9.17, 15) is 9.59 Å². The first-order chi connectivity index (χ1) is 13.4. The zero-order valence-corrected chi connectivity index (χ0v) is 16.9. The first kappa shape index (κ1) is 21.3. The van der Waals surface area contributed by atoms with Gasteiger partial charge in [0.05, 0.1) is 7.11 Å². The van der Waals surface area contributed by atoms with E-state index in [1.807, 2.05) is 49.4 Å². The van der Waals surface area contributed by atoms with Crippen LogP contribution in [-0.4, -0.2) is 25.5 Å². The van der Waals surface area contributed by atoms with Crippen LogP contribution in [0.2, 0.25) is 0 Å². The van der Waals surface area contributed by atoms with E-state index < -0.39 is 5.91 Å².